The van der Waals surface area contributed by atoms with Crippen molar-refractivity contribution in [3.05, 3.63) is 58.6 Å². The Morgan fingerprint density at radius 1 is 1.00 bits per heavy atom. The highest BCUT2D eigenvalue weighted by Crippen LogP contribution is 2.30. The molecule has 0 unspecified atom stereocenters. The highest BCUT2D eigenvalue weighted by atomic mass is 35.5. The average Bonchev–Trinajstić information content (AvgIpc) is 2.68. The first-order chi connectivity index (χ1) is 13.4. The molecule has 28 heavy (non-hydrogen) atoms. The summed E-state index contributed by atoms with van der Waals surface area (Å²) in [4.78, 5) is 24.3. The third-order valence-electron chi connectivity index (χ3n) is 3.96. The number of nitrogens with one attached hydrogen (secondary N) is 2. The van der Waals surface area contributed by atoms with E-state index in [-0.39, 0.29) is 24.4 Å². The van der Waals surface area contributed by atoms with Gasteiger partial charge in [0.25, 0.3) is 5.91 Å². The van der Waals surface area contributed by atoms with Crippen molar-refractivity contribution in [2.45, 2.75) is 26.8 Å². The minimum atomic E-state index is -0.334. The molecule has 2 rings (SSSR count). The van der Waals surface area contributed by atoms with Gasteiger partial charge in [-0.25, -0.2) is 0 Å². The summed E-state index contributed by atoms with van der Waals surface area (Å²) in [6.45, 7) is 6.60. The van der Waals surface area contributed by atoms with E-state index in [2.05, 4.69) is 10.6 Å². The summed E-state index contributed by atoms with van der Waals surface area (Å²) in [7, 11) is 0. The number of benzene rings is 2. The number of carbonyl (C=O) groups excluding carboxylic acids is 2. The lowest BCUT2D eigenvalue weighted by atomic mass is 10.1. The Morgan fingerprint density at radius 3 is 2.29 bits per heavy atom. The highest BCUT2D eigenvalue weighted by molar-refractivity contribution is 6.30. The lowest BCUT2D eigenvalue weighted by Gasteiger charge is -2.17. The number of hydrogen-bond acceptors (Lipinski definition) is 4. The number of rotatable bonds is 9. The van der Waals surface area contributed by atoms with Gasteiger partial charge in [-0.3, -0.25) is 9.59 Å². The second kappa shape index (κ2) is 10.6. The van der Waals surface area contributed by atoms with E-state index in [1.165, 1.54) is 0 Å². The molecule has 0 aliphatic rings. The lowest BCUT2D eigenvalue weighted by molar-refractivity contribution is -0.120. The molecule has 0 aliphatic heterocycles. The van der Waals surface area contributed by atoms with Gasteiger partial charge in [0, 0.05) is 10.6 Å². The van der Waals surface area contributed by atoms with E-state index in [4.69, 9.17) is 21.1 Å². The zero-order valence-electron chi connectivity index (χ0n) is 16.3. The minimum absolute atomic E-state index is 0.124. The van der Waals surface area contributed by atoms with Crippen LogP contribution in [0.1, 0.15) is 42.7 Å². The quantitative estimate of drug-likeness (QED) is 0.667. The third-order valence-corrected chi connectivity index (χ3v) is 4.21. The molecule has 6 nitrogen and oxygen atoms in total. The van der Waals surface area contributed by atoms with Gasteiger partial charge in [0.1, 0.15) is 0 Å². The first-order valence-corrected chi connectivity index (χ1v) is 9.55. The molecule has 2 aromatic carbocycles. The summed E-state index contributed by atoms with van der Waals surface area (Å²) < 4.78 is 11.2. The molecular formula is C21H25ClN2O4. The third kappa shape index (κ3) is 6.16. The monoisotopic (exact) mass is 404 g/mol. The van der Waals surface area contributed by atoms with Gasteiger partial charge in [0.15, 0.2) is 11.5 Å². The van der Waals surface area contributed by atoms with Gasteiger partial charge < -0.3 is 20.1 Å². The molecule has 0 saturated heterocycles. The van der Waals surface area contributed by atoms with Crippen molar-refractivity contribution in [1.29, 1.82) is 0 Å². The predicted octanol–water partition coefficient (Wildman–Crippen LogP) is 3.74. The van der Waals surface area contributed by atoms with Crippen molar-refractivity contribution in [3.63, 3.8) is 0 Å². The zero-order chi connectivity index (χ0) is 20.5. The molecule has 2 amide bonds. The van der Waals surface area contributed by atoms with E-state index in [1.807, 2.05) is 39.0 Å². The van der Waals surface area contributed by atoms with Crippen LogP contribution in [-0.2, 0) is 4.79 Å². The Bertz CT molecular complexity index is 809. The van der Waals surface area contributed by atoms with Crippen LogP contribution in [0.15, 0.2) is 42.5 Å². The Balaban J connectivity index is 1.93. The Kier molecular flexibility index (Phi) is 8.14. The first-order valence-electron chi connectivity index (χ1n) is 9.17. The van der Waals surface area contributed by atoms with E-state index in [1.54, 1.807) is 24.3 Å². The summed E-state index contributed by atoms with van der Waals surface area (Å²) in [6.07, 6.45) is 0. The largest absolute Gasteiger partial charge is 0.490 e. The Labute approximate surface area is 170 Å². The fourth-order valence-electron chi connectivity index (χ4n) is 2.58. The molecule has 1 atom stereocenters. The molecule has 150 valence electrons. The average molecular weight is 405 g/mol. The molecule has 0 aromatic heterocycles. The lowest BCUT2D eigenvalue weighted by Crippen LogP contribution is -2.38. The molecule has 0 spiro atoms. The van der Waals surface area contributed by atoms with Gasteiger partial charge in [-0.15, -0.1) is 0 Å². The normalized spacial score (nSPS) is 11.4. The number of ether oxygens (including phenoxy) is 2. The van der Waals surface area contributed by atoms with E-state index in [9.17, 15) is 9.59 Å². The van der Waals surface area contributed by atoms with E-state index in [0.717, 1.165) is 5.56 Å². The van der Waals surface area contributed by atoms with Crippen molar-refractivity contribution in [2.24, 2.45) is 0 Å². The van der Waals surface area contributed by atoms with Gasteiger partial charge in [0.05, 0.1) is 25.8 Å². The standard InChI is InChI=1S/C21H25ClN2O4/c1-4-27-18-11-8-16(12-19(18)28-5-2)14(3)24-20(25)13-23-21(26)15-6-9-17(22)10-7-15/h6-12,14H,4-5,13H2,1-3H3,(H,23,26)(H,24,25)/t14-/m1/s1. The van der Waals surface area contributed by atoms with Crippen LogP contribution in [0, 0.1) is 0 Å². The predicted molar refractivity (Wildman–Crippen MR) is 109 cm³/mol. The van der Waals surface area contributed by atoms with Crippen LogP contribution in [0.3, 0.4) is 0 Å². The smallest absolute Gasteiger partial charge is 0.251 e. The molecule has 2 aromatic rings. The highest BCUT2D eigenvalue weighted by Gasteiger charge is 2.14. The van der Waals surface area contributed by atoms with E-state index < -0.39 is 0 Å². The van der Waals surface area contributed by atoms with Crippen molar-refractivity contribution >= 4 is 23.4 Å². The van der Waals surface area contributed by atoms with Crippen molar-refractivity contribution < 1.29 is 19.1 Å². The Morgan fingerprint density at radius 2 is 1.64 bits per heavy atom. The molecule has 0 bridgehead atoms. The molecule has 0 saturated carbocycles. The summed E-state index contributed by atoms with van der Waals surface area (Å²) in [5, 5.41) is 6.00. The fraction of sp³-hybridized carbons (Fsp3) is 0.333. The molecule has 2 N–H and O–H groups in total. The van der Waals surface area contributed by atoms with Crippen LogP contribution >= 0.6 is 11.6 Å². The maximum atomic E-state index is 12.2. The van der Waals surface area contributed by atoms with Gasteiger partial charge in [-0.05, 0) is 62.7 Å². The van der Waals surface area contributed by atoms with E-state index >= 15 is 0 Å². The second-order valence-corrected chi connectivity index (χ2v) is 6.49. The summed E-state index contributed by atoms with van der Waals surface area (Å²) in [5.41, 5.74) is 1.32. The molecule has 0 aliphatic carbocycles. The fourth-order valence-corrected chi connectivity index (χ4v) is 2.70. The van der Waals surface area contributed by atoms with Crippen LogP contribution in [0.2, 0.25) is 5.02 Å². The van der Waals surface area contributed by atoms with Crippen LogP contribution in [0.5, 0.6) is 11.5 Å². The molecular weight excluding hydrogens is 380 g/mol. The van der Waals surface area contributed by atoms with E-state index in [0.29, 0.717) is 35.3 Å². The maximum Gasteiger partial charge on any atom is 0.251 e. The van der Waals surface area contributed by atoms with Crippen molar-refractivity contribution in [3.8, 4) is 11.5 Å². The molecule has 7 heteroatoms. The molecule has 0 heterocycles. The summed E-state index contributed by atoms with van der Waals surface area (Å²) in [5.74, 6) is 0.682. The van der Waals surface area contributed by atoms with Gasteiger partial charge >= 0.3 is 0 Å². The van der Waals surface area contributed by atoms with Crippen molar-refractivity contribution in [1.82, 2.24) is 10.6 Å². The van der Waals surface area contributed by atoms with Crippen LogP contribution < -0.4 is 20.1 Å². The van der Waals surface area contributed by atoms with Gasteiger partial charge in [0.2, 0.25) is 5.91 Å². The Hall–Kier alpha value is -2.73. The van der Waals surface area contributed by atoms with Crippen LogP contribution in [0.4, 0.5) is 0 Å². The number of carbonyl (C=O) groups is 2. The first kappa shape index (κ1) is 21.6. The molecule has 0 fully saturated rings. The maximum absolute atomic E-state index is 12.2. The number of halogens is 1. The van der Waals surface area contributed by atoms with Crippen LogP contribution in [-0.4, -0.2) is 31.6 Å². The second-order valence-electron chi connectivity index (χ2n) is 6.05. The number of hydrogen-bond donors (Lipinski definition) is 2. The van der Waals surface area contributed by atoms with Gasteiger partial charge in [-0.2, -0.15) is 0 Å². The van der Waals surface area contributed by atoms with Crippen LogP contribution in [0.25, 0.3) is 0 Å². The zero-order valence-corrected chi connectivity index (χ0v) is 17.0. The van der Waals surface area contributed by atoms with Crippen molar-refractivity contribution in [2.75, 3.05) is 19.8 Å². The topological polar surface area (TPSA) is 76.7 Å². The van der Waals surface area contributed by atoms with Gasteiger partial charge in [-0.1, -0.05) is 17.7 Å². The molecule has 0 radical (unpaired) electrons. The number of amides is 2. The summed E-state index contributed by atoms with van der Waals surface area (Å²) in [6, 6.07) is 11.8. The minimum Gasteiger partial charge on any atom is -0.490 e. The SMILES string of the molecule is CCOc1ccc([C@@H](C)NC(=O)CNC(=O)c2ccc(Cl)cc2)cc1OCC. The summed E-state index contributed by atoms with van der Waals surface area (Å²) >= 11 is 5.80.